The van der Waals surface area contributed by atoms with Gasteiger partial charge in [-0.1, -0.05) is 0 Å². The zero-order chi connectivity index (χ0) is 13.1. The van der Waals surface area contributed by atoms with Crippen LogP contribution in [-0.4, -0.2) is 35.4 Å². The van der Waals surface area contributed by atoms with Gasteiger partial charge in [0.1, 0.15) is 0 Å². The molecule has 0 bridgehead atoms. The number of hydrogen-bond donors (Lipinski definition) is 2. The lowest BCUT2D eigenvalue weighted by Gasteiger charge is -1.97. The number of aliphatic carboxylic acids is 2. The van der Waals surface area contributed by atoms with Gasteiger partial charge in [0.25, 0.3) is 0 Å². The van der Waals surface area contributed by atoms with Gasteiger partial charge in [0.05, 0.1) is 13.2 Å². The van der Waals surface area contributed by atoms with E-state index in [-0.39, 0.29) is 11.5 Å². The summed E-state index contributed by atoms with van der Waals surface area (Å²) < 4.78 is 9.02. The summed E-state index contributed by atoms with van der Waals surface area (Å²) >= 11 is 0. The molecule has 0 fully saturated rings. The molecule has 0 spiro atoms. The molecule has 0 heterocycles. The van der Waals surface area contributed by atoms with Crippen molar-refractivity contribution in [2.45, 2.75) is 13.8 Å². The Labute approximate surface area is 93.8 Å². The summed E-state index contributed by atoms with van der Waals surface area (Å²) in [5, 5.41) is 16.2. The van der Waals surface area contributed by atoms with Gasteiger partial charge in [-0.15, -0.1) is 0 Å². The molecule has 0 aliphatic carbocycles. The maximum atomic E-state index is 9.86. The molecule has 0 radical (unpaired) electrons. The highest BCUT2D eigenvalue weighted by Gasteiger charge is 2.01. The summed E-state index contributed by atoms with van der Waals surface area (Å²) in [5.74, 6) is -2.61. The van der Waals surface area contributed by atoms with Crippen LogP contribution >= 0.6 is 0 Å². The van der Waals surface area contributed by atoms with Crippen molar-refractivity contribution in [2.75, 3.05) is 13.2 Å². The Hall–Kier alpha value is -1.98. The van der Waals surface area contributed by atoms with Crippen molar-refractivity contribution in [1.82, 2.24) is 0 Å². The zero-order valence-electron chi connectivity index (χ0n) is 9.36. The maximum absolute atomic E-state index is 9.86. The normalized spacial score (nSPS) is 8.12. The van der Waals surface area contributed by atoms with Crippen LogP contribution in [0.15, 0.2) is 24.7 Å². The third-order valence-electron chi connectivity index (χ3n) is 1.11. The number of rotatable bonds is 6. The van der Waals surface area contributed by atoms with Gasteiger partial charge < -0.3 is 19.7 Å². The van der Waals surface area contributed by atoms with E-state index in [0.29, 0.717) is 13.2 Å². The molecule has 0 saturated heterocycles. The van der Waals surface area contributed by atoms with Crippen molar-refractivity contribution in [2.24, 2.45) is 0 Å². The smallest absolute Gasteiger partial charge is 0.370 e. The standard InChI is InChI=1S/2C5H8O3/c2*1-3-8-4(2)5(6)7/h2*2-3H2,1H3,(H,6,7). The van der Waals surface area contributed by atoms with Gasteiger partial charge in [0, 0.05) is 0 Å². The molecule has 0 atom stereocenters. The van der Waals surface area contributed by atoms with E-state index in [1.165, 1.54) is 0 Å². The van der Waals surface area contributed by atoms with Gasteiger partial charge in [-0.3, -0.25) is 0 Å². The minimum absolute atomic E-state index is 0.201. The summed E-state index contributed by atoms with van der Waals surface area (Å²) in [4.78, 5) is 19.7. The van der Waals surface area contributed by atoms with E-state index in [1.807, 2.05) is 0 Å². The van der Waals surface area contributed by atoms with Crippen molar-refractivity contribution in [3.63, 3.8) is 0 Å². The van der Waals surface area contributed by atoms with Crippen LogP contribution in [0.5, 0.6) is 0 Å². The Balaban J connectivity index is 0. The van der Waals surface area contributed by atoms with Crippen LogP contribution < -0.4 is 0 Å². The third-order valence-corrected chi connectivity index (χ3v) is 1.11. The summed E-state index contributed by atoms with van der Waals surface area (Å²) in [6.45, 7) is 10.4. The summed E-state index contributed by atoms with van der Waals surface area (Å²) in [6, 6.07) is 0. The number of carbonyl (C=O) groups is 2. The van der Waals surface area contributed by atoms with Crippen LogP contribution in [0.2, 0.25) is 0 Å². The average Bonchev–Trinajstić information content (AvgIpc) is 2.19. The number of carboxylic acids is 2. The molecule has 0 saturated carbocycles. The predicted molar refractivity (Wildman–Crippen MR) is 56.8 cm³/mol. The van der Waals surface area contributed by atoms with Crippen molar-refractivity contribution in [1.29, 1.82) is 0 Å². The van der Waals surface area contributed by atoms with Gasteiger partial charge in [-0.2, -0.15) is 0 Å². The van der Waals surface area contributed by atoms with Crippen molar-refractivity contribution < 1.29 is 29.3 Å². The molecule has 0 aliphatic heterocycles. The molecule has 2 N–H and O–H groups in total. The fraction of sp³-hybridized carbons (Fsp3) is 0.400. The molecular weight excluding hydrogens is 216 g/mol. The van der Waals surface area contributed by atoms with E-state index >= 15 is 0 Å². The summed E-state index contributed by atoms with van der Waals surface area (Å²) in [5.41, 5.74) is 0. The van der Waals surface area contributed by atoms with Crippen LogP contribution in [0.1, 0.15) is 13.8 Å². The quantitative estimate of drug-likeness (QED) is 0.528. The van der Waals surface area contributed by atoms with E-state index < -0.39 is 11.9 Å². The van der Waals surface area contributed by atoms with E-state index in [0.717, 1.165) is 0 Å². The second-order valence-electron chi connectivity index (χ2n) is 2.32. The van der Waals surface area contributed by atoms with Crippen LogP contribution in [-0.2, 0) is 19.1 Å². The highest BCUT2D eigenvalue weighted by molar-refractivity contribution is 5.83. The minimum Gasteiger partial charge on any atom is -0.487 e. The molecule has 0 unspecified atom stereocenters. The first kappa shape index (κ1) is 16.4. The number of hydrogen-bond acceptors (Lipinski definition) is 4. The van der Waals surface area contributed by atoms with Gasteiger partial charge in [0.15, 0.2) is 11.5 Å². The molecule has 0 aromatic heterocycles. The lowest BCUT2D eigenvalue weighted by Crippen LogP contribution is -2.02. The van der Waals surface area contributed by atoms with Crippen molar-refractivity contribution in [3.05, 3.63) is 24.7 Å². The predicted octanol–water partition coefficient (Wildman–Crippen LogP) is 1.24. The summed E-state index contributed by atoms with van der Waals surface area (Å²) in [6.07, 6.45) is 0. The van der Waals surface area contributed by atoms with Crippen molar-refractivity contribution in [3.8, 4) is 0 Å². The SMILES string of the molecule is C=C(OCC)C(=O)O.C=C(OCC)C(=O)O. The molecule has 6 heteroatoms. The first-order valence-electron chi connectivity index (χ1n) is 4.46. The van der Waals surface area contributed by atoms with E-state index in [2.05, 4.69) is 22.6 Å². The Kier molecular flexibility index (Phi) is 9.84. The first-order valence-corrected chi connectivity index (χ1v) is 4.46. The fourth-order valence-corrected chi connectivity index (χ4v) is 0.472. The Bertz CT molecular complexity index is 240. The molecule has 0 aromatic rings. The Morgan fingerprint density at radius 1 is 0.938 bits per heavy atom. The zero-order valence-corrected chi connectivity index (χ0v) is 9.36. The topological polar surface area (TPSA) is 93.1 Å². The fourth-order valence-electron chi connectivity index (χ4n) is 0.472. The van der Waals surface area contributed by atoms with Crippen LogP contribution in [0.25, 0.3) is 0 Å². The Morgan fingerprint density at radius 2 is 1.19 bits per heavy atom. The van der Waals surface area contributed by atoms with E-state index in [4.69, 9.17) is 10.2 Å². The highest BCUT2D eigenvalue weighted by Crippen LogP contribution is 1.90. The van der Waals surface area contributed by atoms with Crippen LogP contribution in [0.3, 0.4) is 0 Å². The molecule has 0 amide bonds. The lowest BCUT2D eigenvalue weighted by molar-refractivity contribution is -0.137. The molecular formula is C10H16O6. The number of carboxylic acid groups (broad SMARTS) is 2. The van der Waals surface area contributed by atoms with Gasteiger partial charge in [-0.25, -0.2) is 9.59 Å². The molecule has 16 heavy (non-hydrogen) atoms. The van der Waals surface area contributed by atoms with Gasteiger partial charge in [0.2, 0.25) is 0 Å². The lowest BCUT2D eigenvalue weighted by atomic mass is 10.6. The second-order valence-corrected chi connectivity index (χ2v) is 2.32. The maximum Gasteiger partial charge on any atom is 0.370 e. The highest BCUT2D eigenvalue weighted by atomic mass is 16.5. The van der Waals surface area contributed by atoms with E-state index in [1.54, 1.807) is 13.8 Å². The molecule has 0 rings (SSSR count). The molecule has 0 aliphatic rings. The average molecular weight is 232 g/mol. The largest absolute Gasteiger partial charge is 0.487 e. The van der Waals surface area contributed by atoms with Crippen molar-refractivity contribution >= 4 is 11.9 Å². The second kappa shape index (κ2) is 9.57. The molecule has 6 nitrogen and oxygen atoms in total. The Morgan fingerprint density at radius 3 is 1.25 bits per heavy atom. The van der Waals surface area contributed by atoms with Gasteiger partial charge in [-0.05, 0) is 27.0 Å². The monoisotopic (exact) mass is 232 g/mol. The first-order chi connectivity index (χ1) is 7.36. The van der Waals surface area contributed by atoms with Crippen LogP contribution in [0.4, 0.5) is 0 Å². The van der Waals surface area contributed by atoms with Crippen LogP contribution in [0, 0.1) is 0 Å². The van der Waals surface area contributed by atoms with Gasteiger partial charge >= 0.3 is 11.9 Å². The van der Waals surface area contributed by atoms with E-state index in [9.17, 15) is 9.59 Å². The molecule has 92 valence electrons. The minimum atomic E-state index is -1.10. The molecule has 0 aromatic carbocycles. The number of ether oxygens (including phenoxy) is 2. The summed E-state index contributed by atoms with van der Waals surface area (Å²) in [7, 11) is 0. The third kappa shape index (κ3) is 10.1.